The number of nitro benzene ring substituents is 1. The molecule has 130 valence electrons. The molecule has 1 aromatic carbocycles. The molecule has 1 aromatic heterocycles. The third-order valence-corrected chi connectivity index (χ3v) is 4.51. The molecule has 1 aliphatic rings. The number of rotatable bonds is 5. The van der Waals surface area contributed by atoms with Crippen molar-refractivity contribution >= 4 is 39.7 Å². The summed E-state index contributed by atoms with van der Waals surface area (Å²) in [5.41, 5.74) is 0.271. The minimum atomic E-state index is -0.539. The fraction of sp³-hybridized carbons (Fsp3) is 0.267. The number of thiazole rings is 1. The zero-order valence-electron chi connectivity index (χ0n) is 13.2. The summed E-state index contributed by atoms with van der Waals surface area (Å²) in [4.78, 5) is 40.3. The molecule has 2 heterocycles. The fourth-order valence-electron chi connectivity index (χ4n) is 2.61. The molecule has 1 saturated heterocycles. The summed E-state index contributed by atoms with van der Waals surface area (Å²) in [5, 5.41) is 15.8. The van der Waals surface area contributed by atoms with Gasteiger partial charge < -0.3 is 15.0 Å². The fourth-order valence-corrected chi connectivity index (χ4v) is 3.14. The van der Waals surface area contributed by atoms with Gasteiger partial charge in [0.1, 0.15) is 5.75 Å². The number of nitrogens with one attached hydrogen (secondary N) is 1. The number of ether oxygens (including phenoxy) is 1. The van der Waals surface area contributed by atoms with Gasteiger partial charge in [-0.2, -0.15) is 0 Å². The van der Waals surface area contributed by atoms with E-state index in [0.717, 1.165) is 0 Å². The molecule has 0 aliphatic carbocycles. The summed E-state index contributed by atoms with van der Waals surface area (Å²) in [5.74, 6) is -0.849. The maximum atomic E-state index is 12.3. The van der Waals surface area contributed by atoms with Crippen molar-refractivity contribution in [2.75, 3.05) is 23.9 Å². The van der Waals surface area contributed by atoms with Gasteiger partial charge in [-0.05, 0) is 6.07 Å². The van der Waals surface area contributed by atoms with Crippen molar-refractivity contribution in [2.45, 2.75) is 6.42 Å². The van der Waals surface area contributed by atoms with Crippen LogP contribution in [0, 0.1) is 16.0 Å². The Morgan fingerprint density at radius 1 is 1.52 bits per heavy atom. The number of methoxy groups -OCH3 is 1. The van der Waals surface area contributed by atoms with Crippen LogP contribution in [0.25, 0.3) is 0 Å². The lowest BCUT2D eigenvalue weighted by Gasteiger charge is -2.19. The standard InChI is InChI=1S/C15H14N4O5S/c1-24-12-7-10(19(22)23)2-3-11(12)18-8-9(6-13(18)20)14(21)17-15-16-4-5-25-15/h2-5,7,9H,6,8H2,1H3,(H,16,17,21)/t9-/m1/s1. The Morgan fingerprint density at radius 3 is 2.96 bits per heavy atom. The van der Waals surface area contributed by atoms with Crippen LogP contribution in [0.3, 0.4) is 0 Å². The average Bonchev–Trinajstić information content (AvgIpc) is 3.23. The smallest absolute Gasteiger partial charge is 0.273 e. The molecule has 9 nitrogen and oxygen atoms in total. The van der Waals surface area contributed by atoms with Crippen molar-refractivity contribution < 1.29 is 19.2 Å². The number of nitrogens with zero attached hydrogens (tertiary/aromatic N) is 3. The van der Waals surface area contributed by atoms with Gasteiger partial charge in [-0.1, -0.05) is 0 Å². The van der Waals surface area contributed by atoms with Gasteiger partial charge in [0.05, 0.1) is 29.7 Å². The van der Waals surface area contributed by atoms with Gasteiger partial charge >= 0.3 is 0 Å². The number of anilines is 2. The topological polar surface area (TPSA) is 115 Å². The van der Waals surface area contributed by atoms with E-state index in [1.807, 2.05) is 0 Å². The number of amides is 2. The molecule has 2 amide bonds. The largest absolute Gasteiger partial charge is 0.494 e. The minimum absolute atomic E-state index is 0.0529. The van der Waals surface area contributed by atoms with Crippen molar-refractivity contribution in [1.29, 1.82) is 0 Å². The van der Waals surface area contributed by atoms with Crippen molar-refractivity contribution in [3.05, 3.63) is 39.9 Å². The molecule has 3 rings (SSSR count). The van der Waals surface area contributed by atoms with Crippen LogP contribution < -0.4 is 15.0 Å². The lowest BCUT2D eigenvalue weighted by molar-refractivity contribution is -0.384. The highest BCUT2D eigenvalue weighted by molar-refractivity contribution is 7.13. The Hall–Kier alpha value is -3.01. The summed E-state index contributed by atoms with van der Waals surface area (Å²) >= 11 is 1.29. The van der Waals surface area contributed by atoms with Gasteiger partial charge in [0.25, 0.3) is 5.69 Å². The van der Waals surface area contributed by atoms with Gasteiger partial charge in [-0.15, -0.1) is 11.3 Å². The van der Waals surface area contributed by atoms with E-state index in [4.69, 9.17) is 4.74 Å². The molecule has 10 heteroatoms. The van der Waals surface area contributed by atoms with Gasteiger partial charge in [-0.3, -0.25) is 19.7 Å². The van der Waals surface area contributed by atoms with E-state index in [-0.39, 0.29) is 36.2 Å². The van der Waals surface area contributed by atoms with Crippen molar-refractivity contribution in [3.63, 3.8) is 0 Å². The van der Waals surface area contributed by atoms with E-state index >= 15 is 0 Å². The van der Waals surface area contributed by atoms with E-state index in [2.05, 4.69) is 10.3 Å². The Labute approximate surface area is 146 Å². The number of non-ortho nitro benzene ring substituents is 1. The second-order valence-electron chi connectivity index (χ2n) is 5.35. The molecule has 1 N–H and O–H groups in total. The lowest BCUT2D eigenvalue weighted by Crippen LogP contribution is -2.28. The van der Waals surface area contributed by atoms with E-state index in [9.17, 15) is 19.7 Å². The Kier molecular flexibility index (Phi) is 4.61. The van der Waals surface area contributed by atoms with Gasteiger partial charge in [0.2, 0.25) is 11.8 Å². The molecule has 1 aliphatic heterocycles. The summed E-state index contributed by atoms with van der Waals surface area (Å²) in [6.45, 7) is 0.171. The van der Waals surface area contributed by atoms with Gasteiger partial charge in [-0.25, -0.2) is 4.98 Å². The molecule has 0 radical (unpaired) electrons. The first-order valence-electron chi connectivity index (χ1n) is 7.32. The highest BCUT2D eigenvalue weighted by Crippen LogP contribution is 2.36. The first-order valence-corrected chi connectivity index (χ1v) is 8.20. The summed E-state index contributed by atoms with van der Waals surface area (Å²) < 4.78 is 5.17. The van der Waals surface area contributed by atoms with Crippen LogP contribution in [0.15, 0.2) is 29.8 Å². The van der Waals surface area contributed by atoms with Gasteiger partial charge in [0.15, 0.2) is 5.13 Å². The maximum absolute atomic E-state index is 12.3. The van der Waals surface area contributed by atoms with E-state index < -0.39 is 10.8 Å². The molecule has 0 bridgehead atoms. The predicted molar refractivity (Wildman–Crippen MR) is 90.9 cm³/mol. The number of aromatic nitrogens is 1. The number of benzene rings is 1. The SMILES string of the molecule is COc1cc([N+](=O)[O-])ccc1N1C[C@H](C(=O)Nc2nccs2)CC1=O. The van der Waals surface area contributed by atoms with Crippen LogP contribution in [0.1, 0.15) is 6.42 Å². The van der Waals surface area contributed by atoms with Crippen LogP contribution in [-0.2, 0) is 9.59 Å². The van der Waals surface area contributed by atoms with Crippen molar-refractivity contribution in [1.82, 2.24) is 4.98 Å². The second-order valence-corrected chi connectivity index (χ2v) is 6.24. The molecule has 1 fully saturated rings. The third-order valence-electron chi connectivity index (χ3n) is 3.82. The van der Waals surface area contributed by atoms with E-state index in [0.29, 0.717) is 10.8 Å². The minimum Gasteiger partial charge on any atom is -0.494 e. The van der Waals surface area contributed by atoms with Crippen molar-refractivity contribution in [2.24, 2.45) is 5.92 Å². The number of hydrogen-bond acceptors (Lipinski definition) is 7. The molecular weight excluding hydrogens is 348 g/mol. The van der Waals surface area contributed by atoms with Crippen LogP contribution in [-0.4, -0.2) is 35.4 Å². The zero-order valence-corrected chi connectivity index (χ0v) is 14.0. The van der Waals surface area contributed by atoms with E-state index in [1.54, 1.807) is 11.6 Å². The Morgan fingerprint density at radius 2 is 2.32 bits per heavy atom. The van der Waals surface area contributed by atoms with Crippen LogP contribution in [0.5, 0.6) is 5.75 Å². The first kappa shape index (κ1) is 16.8. The Bertz CT molecular complexity index is 823. The van der Waals surface area contributed by atoms with Crippen LogP contribution in [0.2, 0.25) is 0 Å². The predicted octanol–water partition coefficient (Wildman–Crippen LogP) is 2.05. The van der Waals surface area contributed by atoms with Gasteiger partial charge in [0, 0.05) is 30.6 Å². The normalized spacial score (nSPS) is 16.8. The molecule has 0 saturated carbocycles. The molecule has 0 spiro atoms. The highest BCUT2D eigenvalue weighted by atomic mass is 32.1. The third kappa shape index (κ3) is 3.43. The molecule has 25 heavy (non-hydrogen) atoms. The Balaban J connectivity index is 1.78. The number of carbonyl (C=O) groups is 2. The quantitative estimate of drug-likeness (QED) is 0.643. The summed E-state index contributed by atoms with van der Waals surface area (Å²) in [6.07, 6.45) is 1.63. The van der Waals surface area contributed by atoms with Crippen LogP contribution in [0.4, 0.5) is 16.5 Å². The van der Waals surface area contributed by atoms with E-state index in [1.165, 1.54) is 41.5 Å². The molecule has 2 aromatic rings. The second kappa shape index (κ2) is 6.85. The number of hydrogen-bond donors (Lipinski definition) is 1. The molecule has 0 unspecified atom stereocenters. The molecule has 1 atom stereocenters. The first-order chi connectivity index (χ1) is 12.0. The maximum Gasteiger partial charge on any atom is 0.273 e. The van der Waals surface area contributed by atoms with Crippen molar-refractivity contribution in [3.8, 4) is 5.75 Å². The lowest BCUT2D eigenvalue weighted by atomic mass is 10.1. The monoisotopic (exact) mass is 362 g/mol. The van der Waals surface area contributed by atoms with Crippen LogP contribution >= 0.6 is 11.3 Å². The highest BCUT2D eigenvalue weighted by Gasteiger charge is 2.36. The summed E-state index contributed by atoms with van der Waals surface area (Å²) in [6, 6.07) is 4.01. The number of nitro groups is 1. The zero-order chi connectivity index (χ0) is 18.0. The molecular formula is C15H14N4O5S. The number of carbonyl (C=O) groups excluding carboxylic acids is 2. The average molecular weight is 362 g/mol. The summed E-state index contributed by atoms with van der Waals surface area (Å²) in [7, 11) is 1.37.